The minimum Gasteiger partial charge on any atom is -0.364 e. The highest BCUT2D eigenvalue weighted by Gasteiger charge is 2.20. The molecule has 58 valence electrons. The average molecular weight is 147 g/mol. The lowest BCUT2D eigenvalue weighted by Crippen LogP contribution is -2.15. The number of H-pyrrole nitrogens is 1. The van der Waals surface area contributed by atoms with Gasteiger partial charge in [0.15, 0.2) is 0 Å². The number of allylic oxidation sites excluding steroid dienone is 1. The largest absolute Gasteiger partial charge is 0.364 e. The fourth-order valence-electron chi connectivity index (χ4n) is 1.56. The molecule has 0 bridgehead atoms. The Hall–Kier alpha value is -0.980. The molecule has 2 rings (SSSR count). The van der Waals surface area contributed by atoms with Crippen molar-refractivity contribution in [1.82, 2.24) is 4.98 Å². The Balaban J connectivity index is 2.44. The summed E-state index contributed by atoms with van der Waals surface area (Å²) in [6, 6.07) is 2.13. The predicted molar refractivity (Wildman–Crippen MR) is 47.3 cm³/mol. The van der Waals surface area contributed by atoms with E-state index in [2.05, 4.69) is 37.0 Å². The fourth-order valence-corrected chi connectivity index (χ4v) is 1.56. The molecule has 1 N–H and O–H groups in total. The summed E-state index contributed by atoms with van der Waals surface area (Å²) in [5.41, 5.74) is 3.06. The Morgan fingerprint density at radius 1 is 1.45 bits per heavy atom. The zero-order valence-corrected chi connectivity index (χ0v) is 7.02. The highest BCUT2D eigenvalue weighted by Crippen LogP contribution is 2.30. The van der Waals surface area contributed by atoms with Crippen molar-refractivity contribution in [3.05, 3.63) is 29.6 Å². The van der Waals surface area contributed by atoms with Gasteiger partial charge in [0.1, 0.15) is 0 Å². The number of hydrogen-bond donors (Lipinski definition) is 1. The molecule has 0 unspecified atom stereocenters. The van der Waals surface area contributed by atoms with Gasteiger partial charge in [-0.15, -0.1) is 0 Å². The molecule has 1 heterocycles. The van der Waals surface area contributed by atoms with Crippen LogP contribution >= 0.6 is 0 Å². The third-order valence-electron chi connectivity index (χ3n) is 2.22. The first kappa shape index (κ1) is 6.71. The van der Waals surface area contributed by atoms with Crippen LogP contribution in [0.4, 0.5) is 0 Å². The van der Waals surface area contributed by atoms with Crippen LogP contribution in [0.15, 0.2) is 18.3 Å². The molecule has 0 saturated carbocycles. The van der Waals surface area contributed by atoms with Gasteiger partial charge in [0, 0.05) is 11.9 Å². The molecule has 1 aromatic heterocycles. The molecular weight excluding hydrogens is 134 g/mol. The van der Waals surface area contributed by atoms with Crippen LogP contribution in [0.5, 0.6) is 0 Å². The van der Waals surface area contributed by atoms with Gasteiger partial charge in [-0.25, -0.2) is 0 Å². The van der Waals surface area contributed by atoms with Crippen LogP contribution in [0.25, 0.3) is 6.08 Å². The van der Waals surface area contributed by atoms with Crippen LogP contribution in [0.2, 0.25) is 0 Å². The van der Waals surface area contributed by atoms with E-state index in [1.165, 1.54) is 11.3 Å². The lowest BCUT2D eigenvalue weighted by atomic mass is 9.83. The zero-order valence-electron chi connectivity index (χ0n) is 7.02. The van der Waals surface area contributed by atoms with Crippen LogP contribution < -0.4 is 0 Å². The van der Waals surface area contributed by atoms with E-state index in [1.807, 2.05) is 6.20 Å². The minimum atomic E-state index is 0.331. The molecule has 1 heteroatoms. The van der Waals surface area contributed by atoms with Crippen molar-refractivity contribution < 1.29 is 0 Å². The van der Waals surface area contributed by atoms with Crippen LogP contribution in [-0.2, 0) is 6.42 Å². The number of hydrogen-bond acceptors (Lipinski definition) is 0. The Kier molecular flexibility index (Phi) is 1.22. The smallest absolute Gasteiger partial charge is 0.0229 e. The normalized spacial score (nSPS) is 19.8. The van der Waals surface area contributed by atoms with Crippen molar-refractivity contribution in [2.24, 2.45) is 5.41 Å². The van der Waals surface area contributed by atoms with Crippen molar-refractivity contribution >= 4 is 6.08 Å². The summed E-state index contributed by atoms with van der Waals surface area (Å²) < 4.78 is 0. The Morgan fingerprint density at radius 3 is 3.09 bits per heavy atom. The maximum Gasteiger partial charge on any atom is 0.0229 e. The molecule has 0 fully saturated rings. The van der Waals surface area contributed by atoms with Crippen LogP contribution in [0.3, 0.4) is 0 Å². The van der Waals surface area contributed by atoms with Gasteiger partial charge in [-0.05, 0) is 23.5 Å². The standard InChI is InChI=1S/C10H13N/c1-10(2)5-3-8-4-6-11-9(8)7-10/h3-6,11H,7H2,1-2H3. The SMILES string of the molecule is CC1(C)C=Cc2cc[nH]c2C1. The van der Waals surface area contributed by atoms with Crippen molar-refractivity contribution in [3.8, 4) is 0 Å². The molecule has 1 aliphatic rings. The first-order valence-electron chi connectivity index (χ1n) is 4.03. The Bertz CT molecular complexity index is 292. The van der Waals surface area contributed by atoms with Gasteiger partial charge >= 0.3 is 0 Å². The molecule has 1 aromatic rings. The highest BCUT2D eigenvalue weighted by atomic mass is 14.7. The molecule has 0 aliphatic heterocycles. The second-order valence-corrected chi connectivity index (χ2v) is 3.91. The van der Waals surface area contributed by atoms with Gasteiger partial charge in [0.25, 0.3) is 0 Å². The number of aromatic amines is 1. The topological polar surface area (TPSA) is 15.8 Å². The van der Waals surface area contributed by atoms with E-state index in [0.29, 0.717) is 5.41 Å². The summed E-state index contributed by atoms with van der Waals surface area (Å²) in [5, 5.41) is 0. The van der Waals surface area contributed by atoms with Crippen LogP contribution in [0, 0.1) is 5.41 Å². The van der Waals surface area contributed by atoms with Gasteiger partial charge in [-0.3, -0.25) is 0 Å². The summed E-state index contributed by atoms with van der Waals surface area (Å²) in [6.07, 6.45) is 7.63. The summed E-state index contributed by atoms with van der Waals surface area (Å²) in [5.74, 6) is 0. The van der Waals surface area contributed by atoms with E-state index >= 15 is 0 Å². The van der Waals surface area contributed by atoms with Crippen LogP contribution in [-0.4, -0.2) is 4.98 Å². The molecule has 0 aromatic carbocycles. The van der Waals surface area contributed by atoms with E-state index in [9.17, 15) is 0 Å². The van der Waals surface area contributed by atoms with E-state index in [0.717, 1.165) is 6.42 Å². The van der Waals surface area contributed by atoms with Gasteiger partial charge in [0.05, 0.1) is 0 Å². The summed E-state index contributed by atoms with van der Waals surface area (Å²) in [6.45, 7) is 4.51. The van der Waals surface area contributed by atoms with E-state index in [1.54, 1.807) is 0 Å². The first-order valence-corrected chi connectivity index (χ1v) is 4.03. The second kappa shape index (κ2) is 2.00. The van der Waals surface area contributed by atoms with Gasteiger partial charge in [-0.2, -0.15) is 0 Å². The highest BCUT2D eigenvalue weighted by molar-refractivity contribution is 5.55. The van der Waals surface area contributed by atoms with E-state index < -0.39 is 0 Å². The molecule has 0 radical (unpaired) electrons. The Labute approximate surface area is 67.1 Å². The molecular formula is C10H13N. The summed E-state index contributed by atoms with van der Waals surface area (Å²) >= 11 is 0. The lowest BCUT2D eigenvalue weighted by molar-refractivity contribution is 0.469. The second-order valence-electron chi connectivity index (χ2n) is 3.91. The Morgan fingerprint density at radius 2 is 2.27 bits per heavy atom. The maximum absolute atomic E-state index is 3.26. The molecule has 0 amide bonds. The molecule has 1 nitrogen and oxygen atoms in total. The van der Waals surface area contributed by atoms with E-state index in [4.69, 9.17) is 0 Å². The summed E-state index contributed by atoms with van der Waals surface area (Å²) in [4.78, 5) is 3.26. The van der Waals surface area contributed by atoms with Gasteiger partial charge in [0.2, 0.25) is 0 Å². The van der Waals surface area contributed by atoms with Crippen molar-refractivity contribution in [2.45, 2.75) is 20.3 Å². The quantitative estimate of drug-likeness (QED) is 0.580. The molecule has 1 aliphatic carbocycles. The number of nitrogens with one attached hydrogen (secondary N) is 1. The number of rotatable bonds is 0. The van der Waals surface area contributed by atoms with E-state index in [-0.39, 0.29) is 0 Å². The van der Waals surface area contributed by atoms with Crippen molar-refractivity contribution in [3.63, 3.8) is 0 Å². The van der Waals surface area contributed by atoms with Crippen molar-refractivity contribution in [1.29, 1.82) is 0 Å². The third-order valence-corrected chi connectivity index (χ3v) is 2.22. The molecule has 0 atom stereocenters. The zero-order chi connectivity index (χ0) is 7.90. The lowest BCUT2D eigenvalue weighted by Gasteiger charge is -2.23. The van der Waals surface area contributed by atoms with Crippen molar-refractivity contribution in [2.75, 3.05) is 0 Å². The third kappa shape index (κ3) is 1.11. The monoisotopic (exact) mass is 147 g/mol. The molecule has 0 saturated heterocycles. The van der Waals surface area contributed by atoms with Gasteiger partial charge < -0.3 is 4.98 Å². The first-order chi connectivity index (χ1) is 5.17. The summed E-state index contributed by atoms with van der Waals surface area (Å²) in [7, 11) is 0. The molecule has 0 spiro atoms. The van der Waals surface area contributed by atoms with Crippen LogP contribution in [0.1, 0.15) is 25.1 Å². The average Bonchev–Trinajstić information content (AvgIpc) is 2.31. The van der Waals surface area contributed by atoms with Gasteiger partial charge in [-0.1, -0.05) is 26.0 Å². The molecule has 11 heavy (non-hydrogen) atoms. The number of fused-ring (bicyclic) bond motifs is 1. The minimum absolute atomic E-state index is 0.331. The predicted octanol–water partition coefficient (Wildman–Crippen LogP) is 2.61. The maximum atomic E-state index is 3.26. The fraction of sp³-hybridized carbons (Fsp3) is 0.400. The number of aromatic nitrogens is 1.